The van der Waals surface area contributed by atoms with Gasteiger partial charge in [0.25, 0.3) is 0 Å². The first-order chi connectivity index (χ1) is 30.2. The Morgan fingerprint density at radius 1 is 0.262 bits per heavy atom. The molecule has 3 nitrogen and oxygen atoms in total. The molecule has 2 heterocycles. The second-order valence-corrected chi connectivity index (χ2v) is 15.7. The molecule has 12 aromatic rings. The molecule has 0 bridgehead atoms. The topological polar surface area (TPSA) is 29.5 Å². The third-order valence-corrected chi connectivity index (χ3v) is 12.1. The van der Waals surface area contributed by atoms with Gasteiger partial charge in [0.2, 0.25) is 0 Å². The summed E-state index contributed by atoms with van der Waals surface area (Å²) in [7, 11) is 0. The molecule has 286 valence electrons. The summed E-state index contributed by atoms with van der Waals surface area (Å²) in [5.74, 6) is 0. The number of hydrogen-bond donors (Lipinski definition) is 0. The molecule has 0 spiro atoms. The Hall–Kier alpha value is -8.14. The second kappa shape index (κ2) is 14.3. The maximum Gasteiger partial charge on any atom is 0.136 e. The van der Waals surface area contributed by atoms with Crippen LogP contribution in [-0.4, -0.2) is 0 Å². The summed E-state index contributed by atoms with van der Waals surface area (Å²) in [6.07, 6.45) is 0. The highest BCUT2D eigenvalue weighted by atomic mass is 16.3. The Labute approximate surface area is 353 Å². The number of benzene rings is 10. The van der Waals surface area contributed by atoms with Crippen molar-refractivity contribution in [3.8, 4) is 44.5 Å². The summed E-state index contributed by atoms with van der Waals surface area (Å²) < 4.78 is 12.6. The van der Waals surface area contributed by atoms with E-state index >= 15 is 0 Å². The van der Waals surface area contributed by atoms with Crippen molar-refractivity contribution in [3.05, 3.63) is 224 Å². The van der Waals surface area contributed by atoms with Crippen molar-refractivity contribution in [1.29, 1.82) is 0 Å². The predicted molar refractivity (Wildman–Crippen MR) is 255 cm³/mol. The van der Waals surface area contributed by atoms with Crippen LogP contribution in [-0.2, 0) is 0 Å². The molecule has 2 aromatic heterocycles. The monoisotopic (exact) mass is 779 g/mol. The molecular weight excluding hydrogens is 743 g/mol. The lowest BCUT2D eigenvalue weighted by Crippen LogP contribution is -2.11. The summed E-state index contributed by atoms with van der Waals surface area (Å²) in [6, 6.07) is 80.1. The highest BCUT2D eigenvalue weighted by Gasteiger charge is 2.19. The maximum atomic E-state index is 6.42. The van der Waals surface area contributed by atoms with Crippen molar-refractivity contribution in [2.24, 2.45) is 0 Å². The first kappa shape index (κ1) is 34.9. The molecule has 0 saturated heterocycles. The molecule has 0 unspecified atom stereocenters. The molecule has 3 heteroatoms. The highest BCUT2D eigenvalue weighted by Crippen LogP contribution is 2.44. The molecule has 0 aliphatic rings. The lowest BCUT2D eigenvalue weighted by atomic mass is 9.97. The zero-order valence-electron chi connectivity index (χ0n) is 33.1. The molecule has 0 N–H and O–H groups in total. The van der Waals surface area contributed by atoms with Gasteiger partial charge < -0.3 is 13.7 Å². The Morgan fingerprint density at radius 2 is 0.738 bits per heavy atom. The number of nitrogens with zero attached hydrogens (tertiary/aromatic N) is 1. The maximum absolute atomic E-state index is 6.42. The molecule has 0 atom stereocenters. The van der Waals surface area contributed by atoms with Crippen molar-refractivity contribution in [3.63, 3.8) is 0 Å². The molecule has 61 heavy (non-hydrogen) atoms. The van der Waals surface area contributed by atoms with E-state index in [0.29, 0.717) is 0 Å². The Bertz CT molecular complexity index is 3580. The molecule has 0 fully saturated rings. The van der Waals surface area contributed by atoms with Gasteiger partial charge in [-0.25, -0.2) is 0 Å². The van der Waals surface area contributed by atoms with E-state index in [2.05, 4.69) is 217 Å². The van der Waals surface area contributed by atoms with Crippen LogP contribution in [0.3, 0.4) is 0 Å². The number of rotatable bonds is 7. The normalized spacial score (nSPS) is 11.6. The van der Waals surface area contributed by atoms with Gasteiger partial charge in [0.05, 0.1) is 5.69 Å². The standard InChI is InChI=1S/C58H37NO2/c1-2-11-38(12-3-1)41-15-10-16-42(33-41)39-21-27-47(28-22-39)59(48-29-23-40(24-30-48)45-25-31-56-51(35-45)50-18-7-9-20-55(50)60-56)54-19-8-6-17-49(54)46-26-32-57-52(36-46)53-34-43-13-4-5-14-44(43)37-58(53)61-57/h1-37H. The van der Waals surface area contributed by atoms with Crippen molar-refractivity contribution >= 4 is 71.7 Å². The van der Waals surface area contributed by atoms with Crippen molar-refractivity contribution < 1.29 is 8.83 Å². The minimum absolute atomic E-state index is 0.882. The lowest BCUT2D eigenvalue weighted by molar-refractivity contribution is 0.669. The summed E-state index contributed by atoms with van der Waals surface area (Å²) >= 11 is 0. The van der Waals surface area contributed by atoms with E-state index in [1.54, 1.807) is 0 Å². The van der Waals surface area contributed by atoms with E-state index in [1.165, 1.54) is 27.5 Å². The first-order valence-corrected chi connectivity index (χ1v) is 20.7. The molecule has 0 amide bonds. The quantitative estimate of drug-likeness (QED) is 0.161. The lowest BCUT2D eigenvalue weighted by Gasteiger charge is -2.28. The minimum atomic E-state index is 0.882. The van der Waals surface area contributed by atoms with E-state index in [0.717, 1.165) is 88.8 Å². The molecule has 12 rings (SSSR count). The van der Waals surface area contributed by atoms with Crippen LogP contribution in [0.2, 0.25) is 0 Å². The van der Waals surface area contributed by atoms with Crippen LogP contribution in [0.15, 0.2) is 233 Å². The van der Waals surface area contributed by atoms with Gasteiger partial charge >= 0.3 is 0 Å². The van der Waals surface area contributed by atoms with E-state index in [1.807, 2.05) is 12.1 Å². The molecule has 10 aromatic carbocycles. The zero-order valence-corrected chi connectivity index (χ0v) is 33.1. The van der Waals surface area contributed by atoms with Crippen molar-refractivity contribution in [2.45, 2.75) is 0 Å². The number of hydrogen-bond acceptors (Lipinski definition) is 3. The van der Waals surface area contributed by atoms with Crippen LogP contribution in [0.25, 0.3) is 99.2 Å². The van der Waals surface area contributed by atoms with Gasteiger partial charge in [-0.05, 0) is 129 Å². The summed E-state index contributed by atoms with van der Waals surface area (Å²) in [5.41, 5.74) is 16.1. The molecule has 0 radical (unpaired) electrons. The predicted octanol–water partition coefficient (Wildman–Crippen LogP) is 16.8. The molecular formula is C58H37NO2. The van der Waals surface area contributed by atoms with E-state index < -0.39 is 0 Å². The van der Waals surface area contributed by atoms with Crippen LogP contribution >= 0.6 is 0 Å². The highest BCUT2D eigenvalue weighted by molar-refractivity contribution is 6.11. The van der Waals surface area contributed by atoms with Gasteiger partial charge in [-0.3, -0.25) is 0 Å². The SMILES string of the molecule is c1ccc(-c2cccc(-c3ccc(N(c4ccc(-c5ccc6oc7ccccc7c6c5)cc4)c4ccccc4-c4ccc5oc6cc7ccccc7cc6c5c4)cc3)c2)cc1. The number of furan rings is 2. The summed E-state index contributed by atoms with van der Waals surface area (Å²) in [4.78, 5) is 2.38. The third kappa shape index (κ3) is 6.14. The number of fused-ring (bicyclic) bond motifs is 7. The average Bonchev–Trinajstić information content (AvgIpc) is 3.89. The van der Waals surface area contributed by atoms with Crippen LogP contribution in [0.4, 0.5) is 17.1 Å². The van der Waals surface area contributed by atoms with E-state index in [9.17, 15) is 0 Å². The Morgan fingerprint density at radius 3 is 1.48 bits per heavy atom. The fraction of sp³-hybridized carbons (Fsp3) is 0. The van der Waals surface area contributed by atoms with Crippen molar-refractivity contribution in [2.75, 3.05) is 4.90 Å². The van der Waals surface area contributed by atoms with Crippen LogP contribution in [0, 0.1) is 0 Å². The van der Waals surface area contributed by atoms with Crippen LogP contribution < -0.4 is 4.90 Å². The Balaban J connectivity index is 0.975. The van der Waals surface area contributed by atoms with Gasteiger partial charge in [-0.1, -0.05) is 146 Å². The minimum Gasteiger partial charge on any atom is -0.456 e. The van der Waals surface area contributed by atoms with Crippen LogP contribution in [0.5, 0.6) is 0 Å². The number of para-hydroxylation sites is 2. The second-order valence-electron chi connectivity index (χ2n) is 15.7. The zero-order chi connectivity index (χ0) is 40.3. The van der Waals surface area contributed by atoms with E-state index in [-0.39, 0.29) is 0 Å². The Kier molecular flexibility index (Phi) is 8.17. The molecule has 0 aliphatic carbocycles. The fourth-order valence-corrected chi connectivity index (χ4v) is 8.99. The van der Waals surface area contributed by atoms with Crippen LogP contribution in [0.1, 0.15) is 0 Å². The molecule has 0 saturated carbocycles. The third-order valence-electron chi connectivity index (χ3n) is 12.1. The number of anilines is 3. The van der Waals surface area contributed by atoms with Crippen molar-refractivity contribution in [1.82, 2.24) is 0 Å². The van der Waals surface area contributed by atoms with Gasteiger partial charge in [0, 0.05) is 38.5 Å². The fourth-order valence-electron chi connectivity index (χ4n) is 8.99. The summed E-state index contributed by atoms with van der Waals surface area (Å²) in [6.45, 7) is 0. The average molecular weight is 780 g/mol. The van der Waals surface area contributed by atoms with Gasteiger partial charge in [0.1, 0.15) is 22.3 Å². The van der Waals surface area contributed by atoms with Gasteiger partial charge in [-0.2, -0.15) is 0 Å². The van der Waals surface area contributed by atoms with Gasteiger partial charge in [-0.15, -0.1) is 0 Å². The largest absolute Gasteiger partial charge is 0.456 e. The summed E-state index contributed by atoms with van der Waals surface area (Å²) in [5, 5.41) is 6.85. The smallest absolute Gasteiger partial charge is 0.136 e. The molecule has 0 aliphatic heterocycles. The van der Waals surface area contributed by atoms with E-state index in [4.69, 9.17) is 8.83 Å². The van der Waals surface area contributed by atoms with Gasteiger partial charge in [0.15, 0.2) is 0 Å². The first-order valence-electron chi connectivity index (χ1n) is 20.7.